The van der Waals surface area contributed by atoms with Crippen molar-refractivity contribution in [2.24, 2.45) is 11.3 Å². The van der Waals surface area contributed by atoms with Crippen LogP contribution < -0.4 is 0 Å². The maximum absolute atomic E-state index is 13.2. The second-order valence-electron chi connectivity index (χ2n) is 12.5. The Balaban J connectivity index is 1.32. The Morgan fingerprint density at radius 1 is 1.12 bits per heavy atom. The predicted octanol–water partition coefficient (Wildman–Crippen LogP) is 4.36. The second-order valence-corrected chi connectivity index (χ2v) is 12.5. The Kier molecular flexibility index (Phi) is 4.79. The summed E-state index contributed by atoms with van der Waals surface area (Å²) in [5.74, 6) is 0.834. The molecule has 4 aliphatic carbocycles. The number of rotatable bonds is 3. The lowest BCUT2D eigenvalue weighted by Gasteiger charge is -2.73. The largest absolute Gasteiger partial charge is 0.444 e. The molecule has 0 N–H and O–H groups in total. The fraction of sp³-hybridized carbons (Fsp3) is 0.741. The van der Waals surface area contributed by atoms with Gasteiger partial charge in [0.25, 0.3) is 0 Å². The highest BCUT2D eigenvalue weighted by atomic mass is 16.6. The number of aromatic nitrogens is 2. The number of amides is 2. The number of carbonyl (C=O) groups excluding carboxylic acids is 2. The van der Waals surface area contributed by atoms with E-state index in [1.54, 1.807) is 0 Å². The fourth-order valence-corrected chi connectivity index (χ4v) is 7.86. The molecule has 184 valence electrons. The van der Waals surface area contributed by atoms with Crippen LogP contribution in [0, 0.1) is 11.3 Å². The first-order valence-electron chi connectivity index (χ1n) is 13.2. The zero-order valence-corrected chi connectivity index (χ0v) is 20.9. The van der Waals surface area contributed by atoms with Crippen molar-refractivity contribution in [2.45, 2.75) is 95.7 Å². The van der Waals surface area contributed by atoms with Gasteiger partial charge in [0.15, 0.2) is 0 Å². The summed E-state index contributed by atoms with van der Waals surface area (Å²) in [4.78, 5) is 29.4. The Hall–Kier alpha value is -2.31. The third-order valence-electron chi connectivity index (χ3n) is 9.24. The molecule has 1 unspecified atom stereocenters. The van der Waals surface area contributed by atoms with Crippen molar-refractivity contribution >= 4 is 12.0 Å². The van der Waals surface area contributed by atoms with Crippen molar-refractivity contribution in [2.75, 3.05) is 19.6 Å². The molecule has 0 saturated heterocycles. The van der Waals surface area contributed by atoms with Crippen LogP contribution in [0.3, 0.4) is 0 Å². The molecule has 0 aromatic carbocycles. The first-order valence-corrected chi connectivity index (χ1v) is 13.2. The van der Waals surface area contributed by atoms with Gasteiger partial charge in [-0.3, -0.25) is 14.4 Å². The van der Waals surface area contributed by atoms with Gasteiger partial charge < -0.3 is 9.64 Å². The molecule has 4 saturated carbocycles. The molecule has 4 fully saturated rings. The molecule has 3 heterocycles. The molecule has 7 heteroatoms. The van der Waals surface area contributed by atoms with Gasteiger partial charge in [0.05, 0.1) is 17.3 Å². The fourth-order valence-electron chi connectivity index (χ4n) is 7.86. The van der Waals surface area contributed by atoms with E-state index in [-0.39, 0.29) is 23.6 Å². The SMILES string of the molecule is C=CC(=O)N1CCc2nn(C34CC(C5CCCC5)(C3)C4)c3c2C(C1)N(C(=O)OC(C)(C)C)CC3. The Bertz CT molecular complexity index is 1030. The quantitative estimate of drug-likeness (QED) is 0.621. The van der Waals surface area contributed by atoms with Gasteiger partial charge in [-0.2, -0.15) is 5.10 Å². The van der Waals surface area contributed by atoms with E-state index in [0.717, 1.165) is 24.5 Å². The molecule has 1 aromatic heterocycles. The molecular weight excluding hydrogens is 428 g/mol. The molecule has 7 nitrogen and oxygen atoms in total. The summed E-state index contributed by atoms with van der Waals surface area (Å²) in [7, 11) is 0. The van der Waals surface area contributed by atoms with Crippen LogP contribution in [-0.4, -0.2) is 56.8 Å². The summed E-state index contributed by atoms with van der Waals surface area (Å²) in [6, 6.07) is -0.218. The summed E-state index contributed by atoms with van der Waals surface area (Å²) in [5.41, 5.74) is 3.75. The van der Waals surface area contributed by atoms with Gasteiger partial charge in [0.1, 0.15) is 5.60 Å². The minimum absolute atomic E-state index is 0.0905. The third kappa shape index (κ3) is 3.18. The van der Waals surface area contributed by atoms with Crippen LogP contribution in [0.1, 0.15) is 88.7 Å². The molecule has 2 amide bonds. The number of ether oxygens (including phenoxy) is 1. The van der Waals surface area contributed by atoms with Gasteiger partial charge in [0.2, 0.25) is 5.91 Å². The van der Waals surface area contributed by atoms with Crippen LogP contribution in [0.25, 0.3) is 0 Å². The van der Waals surface area contributed by atoms with Crippen molar-refractivity contribution in [3.63, 3.8) is 0 Å². The van der Waals surface area contributed by atoms with Crippen LogP contribution in [0.4, 0.5) is 4.79 Å². The lowest BCUT2D eigenvalue weighted by atomic mass is 9.35. The number of nitrogens with zero attached hydrogens (tertiary/aromatic N) is 4. The standard InChI is InChI=1S/C27H38N4O3/c1-5-22(32)29-12-10-19-23-20(11-13-30(21(23)14-29)24(33)34-25(2,3)4)31(28-19)27-15-26(16-27,17-27)18-8-6-7-9-18/h5,18,21H,1,6-17H2,2-4H3. The summed E-state index contributed by atoms with van der Waals surface area (Å²) in [6.45, 7) is 11.0. The number of hydrogen-bond acceptors (Lipinski definition) is 4. The summed E-state index contributed by atoms with van der Waals surface area (Å²) in [5, 5.41) is 5.22. The zero-order chi connectivity index (χ0) is 23.9. The Morgan fingerprint density at radius 3 is 2.47 bits per heavy atom. The highest BCUT2D eigenvalue weighted by molar-refractivity contribution is 5.87. The normalized spacial score (nSPS) is 32.4. The van der Waals surface area contributed by atoms with Gasteiger partial charge >= 0.3 is 6.09 Å². The molecule has 0 spiro atoms. The van der Waals surface area contributed by atoms with E-state index in [0.29, 0.717) is 25.0 Å². The molecule has 0 radical (unpaired) electrons. The van der Waals surface area contributed by atoms with Gasteiger partial charge in [-0.15, -0.1) is 0 Å². The van der Waals surface area contributed by atoms with Crippen molar-refractivity contribution in [1.82, 2.24) is 19.6 Å². The lowest BCUT2D eigenvalue weighted by Crippen LogP contribution is -2.70. The van der Waals surface area contributed by atoms with E-state index in [4.69, 9.17) is 9.84 Å². The molecule has 1 aromatic rings. The molecule has 2 aliphatic heterocycles. The maximum atomic E-state index is 13.2. The molecule has 2 bridgehead atoms. The summed E-state index contributed by atoms with van der Waals surface area (Å²) in [6.07, 6.45) is 12.1. The van der Waals surface area contributed by atoms with Crippen LogP contribution in [-0.2, 0) is 27.9 Å². The highest BCUT2D eigenvalue weighted by Gasteiger charge is 2.72. The number of hydrogen-bond donors (Lipinski definition) is 0. The van der Waals surface area contributed by atoms with E-state index in [2.05, 4.69) is 11.3 Å². The molecule has 34 heavy (non-hydrogen) atoms. The van der Waals surface area contributed by atoms with Crippen molar-refractivity contribution < 1.29 is 14.3 Å². The first kappa shape index (κ1) is 22.2. The van der Waals surface area contributed by atoms with Crippen LogP contribution in [0.15, 0.2) is 12.7 Å². The van der Waals surface area contributed by atoms with Gasteiger partial charge in [0, 0.05) is 43.7 Å². The molecule has 7 rings (SSSR count). The van der Waals surface area contributed by atoms with E-state index in [1.807, 2.05) is 30.6 Å². The topological polar surface area (TPSA) is 67.7 Å². The lowest BCUT2D eigenvalue weighted by molar-refractivity contribution is -0.225. The van der Waals surface area contributed by atoms with Crippen molar-refractivity contribution in [3.05, 3.63) is 29.6 Å². The van der Waals surface area contributed by atoms with E-state index >= 15 is 0 Å². The Morgan fingerprint density at radius 2 is 1.82 bits per heavy atom. The van der Waals surface area contributed by atoms with E-state index < -0.39 is 5.60 Å². The maximum Gasteiger partial charge on any atom is 0.410 e. The minimum atomic E-state index is -0.563. The molecular formula is C27H38N4O3. The molecule has 1 atom stereocenters. The smallest absolute Gasteiger partial charge is 0.410 e. The van der Waals surface area contributed by atoms with Crippen molar-refractivity contribution in [1.29, 1.82) is 0 Å². The summed E-state index contributed by atoms with van der Waals surface area (Å²) >= 11 is 0. The van der Waals surface area contributed by atoms with Gasteiger partial charge in [-0.25, -0.2) is 4.79 Å². The Labute approximate surface area is 202 Å². The van der Waals surface area contributed by atoms with Gasteiger partial charge in [-0.05, 0) is 70.3 Å². The van der Waals surface area contributed by atoms with Crippen molar-refractivity contribution in [3.8, 4) is 0 Å². The van der Waals surface area contributed by atoms with E-state index in [1.165, 1.54) is 62.3 Å². The molecule has 6 aliphatic rings. The van der Waals surface area contributed by atoms with E-state index in [9.17, 15) is 9.59 Å². The second kappa shape index (κ2) is 7.34. The zero-order valence-electron chi connectivity index (χ0n) is 20.9. The highest BCUT2D eigenvalue weighted by Crippen LogP contribution is 2.76. The monoisotopic (exact) mass is 466 g/mol. The first-order chi connectivity index (χ1) is 16.1. The number of carbonyl (C=O) groups is 2. The summed E-state index contributed by atoms with van der Waals surface area (Å²) < 4.78 is 8.16. The average molecular weight is 467 g/mol. The van der Waals surface area contributed by atoms with Gasteiger partial charge in [-0.1, -0.05) is 19.4 Å². The average Bonchev–Trinajstić information content (AvgIpc) is 3.32. The minimum Gasteiger partial charge on any atom is -0.444 e. The predicted molar refractivity (Wildman–Crippen MR) is 128 cm³/mol. The van der Waals surface area contributed by atoms with Crippen LogP contribution in [0.2, 0.25) is 0 Å². The van der Waals surface area contributed by atoms with Crippen LogP contribution in [0.5, 0.6) is 0 Å². The van der Waals surface area contributed by atoms with Crippen LogP contribution >= 0.6 is 0 Å². The third-order valence-corrected chi connectivity index (χ3v) is 9.24.